The molecule has 1 spiro atoms. The Kier molecular flexibility index (Phi) is 6.00. The van der Waals surface area contributed by atoms with Crippen LogP contribution in [-0.4, -0.2) is 93.6 Å². The Morgan fingerprint density at radius 1 is 1.09 bits per heavy atom. The van der Waals surface area contributed by atoms with Crippen molar-refractivity contribution in [1.82, 2.24) is 14.7 Å². The quantitative estimate of drug-likeness (QED) is 0.627. The molecule has 0 saturated carbocycles. The van der Waals surface area contributed by atoms with Gasteiger partial charge in [0.1, 0.15) is 11.6 Å². The molecule has 4 heterocycles. The molecule has 4 aliphatic heterocycles. The third-order valence-electron chi connectivity index (χ3n) is 7.73. The van der Waals surface area contributed by atoms with Gasteiger partial charge in [-0.15, -0.1) is 0 Å². The van der Waals surface area contributed by atoms with E-state index in [1.54, 1.807) is 18.9 Å². The number of ether oxygens (including phenoxy) is 1. The molecule has 1 unspecified atom stereocenters. The Hall–Kier alpha value is -2.19. The molecule has 8 nitrogen and oxygen atoms in total. The van der Waals surface area contributed by atoms with E-state index < -0.39 is 41.2 Å². The molecule has 4 rings (SSSR count). The number of fused-ring (bicyclic) bond motifs is 2. The van der Waals surface area contributed by atoms with Gasteiger partial charge in [-0.25, -0.2) is 0 Å². The molecular formula is C26H39N3O5. The number of likely N-dealkylation sites (tertiary alicyclic amines) is 1. The summed E-state index contributed by atoms with van der Waals surface area (Å²) in [5.74, 6) is -2.18. The molecule has 34 heavy (non-hydrogen) atoms. The minimum Gasteiger partial charge on any atom is -0.394 e. The number of carbonyl (C=O) groups excluding carboxylic acids is 3. The number of carbonyl (C=O) groups is 3. The molecule has 1 N–H and O–H groups in total. The molecule has 4 aliphatic rings. The van der Waals surface area contributed by atoms with Gasteiger partial charge in [-0.2, -0.15) is 0 Å². The summed E-state index contributed by atoms with van der Waals surface area (Å²) in [6.45, 7) is 12.8. The van der Waals surface area contributed by atoms with Gasteiger partial charge in [0, 0.05) is 25.7 Å². The lowest BCUT2D eigenvalue weighted by Gasteiger charge is -2.45. The summed E-state index contributed by atoms with van der Waals surface area (Å²) in [5.41, 5.74) is -1.74. The minimum absolute atomic E-state index is 0.0115. The number of aliphatic hydroxyl groups excluding tert-OH is 1. The van der Waals surface area contributed by atoms with Gasteiger partial charge in [-0.3, -0.25) is 14.4 Å². The maximum atomic E-state index is 14.3. The first-order valence-electron chi connectivity index (χ1n) is 12.3. The zero-order valence-electron chi connectivity index (χ0n) is 21.4. The lowest BCUT2D eigenvalue weighted by atomic mass is 9.77. The lowest BCUT2D eigenvalue weighted by Crippen LogP contribution is -2.61. The molecule has 0 aromatic rings. The van der Waals surface area contributed by atoms with Gasteiger partial charge in [0.25, 0.3) is 0 Å². The largest absolute Gasteiger partial charge is 0.394 e. The number of amides is 3. The number of hydrogen-bond donors (Lipinski definition) is 1. The normalized spacial score (nSPS) is 34.7. The van der Waals surface area contributed by atoms with E-state index in [2.05, 4.69) is 34.6 Å². The summed E-state index contributed by atoms with van der Waals surface area (Å²) in [4.78, 5) is 46.5. The molecule has 6 atom stereocenters. The second-order valence-corrected chi connectivity index (χ2v) is 12.2. The molecule has 0 radical (unpaired) electrons. The van der Waals surface area contributed by atoms with Crippen LogP contribution in [0.4, 0.5) is 0 Å². The van der Waals surface area contributed by atoms with Crippen LogP contribution in [0, 0.1) is 17.3 Å². The predicted octanol–water partition coefficient (Wildman–Crippen LogP) is 1.59. The molecule has 0 aromatic heterocycles. The van der Waals surface area contributed by atoms with Crippen LogP contribution in [-0.2, 0) is 19.1 Å². The van der Waals surface area contributed by atoms with Crippen LogP contribution in [0.15, 0.2) is 24.3 Å². The highest BCUT2D eigenvalue weighted by atomic mass is 16.5. The van der Waals surface area contributed by atoms with Crippen LogP contribution in [0.2, 0.25) is 0 Å². The van der Waals surface area contributed by atoms with E-state index in [0.717, 1.165) is 6.42 Å². The van der Waals surface area contributed by atoms with Crippen molar-refractivity contribution < 1.29 is 24.2 Å². The maximum absolute atomic E-state index is 14.3. The second-order valence-electron chi connectivity index (χ2n) is 12.2. The fraction of sp³-hybridized carbons (Fsp3) is 0.731. The van der Waals surface area contributed by atoms with Crippen LogP contribution >= 0.6 is 0 Å². The van der Waals surface area contributed by atoms with Crippen molar-refractivity contribution in [1.29, 1.82) is 0 Å². The van der Waals surface area contributed by atoms with Gasteiger partial charge >= 0.3 is 0 Å². The van der Waals surface area contributed by atoms with Gasteiger partial charge < -0.3 is 24.5 Å². The number of nitrogens with zero attached hydrogens (tertiary/aromatic N) is 3. The Morgan fingerprint density at radius 2 is 1.76 bits per heavy atom. The van der Waals surface area contributed by atoms with Crippen molar-refractivity contribution >= 4 is 17.7 Å². The third-order valence-corrected chi connectivity index (χ3v) is 7.73. The standard InChI is InChI=1S/C26H39N3O5/c1-16(14-30)29-20-23(33)28(25(5,6)15-24(2,3)4)13-9-11-26(20)19(22(29)32)18-17(34-26)10-8-12-27(7)21(18)31/h8-11,16-20,30H,12-15H2,1-7H3/t16-,17-,18+,19+,20?,26+/m1/s1. The van der Waals surface area contributed by atoms with Gasteiger partial charge in [-0.05, 0) is 32.6 Å². The zero-order chi connectivity index (χ0) is 25.2. The number of rotatable bonds is 4. The fourth-order valence-electron chi connectivity index (χ4n) is 6.70. The lowest BCUT2D eigenvalue weighted by molar-refractivity contribution is -0.154. The summed E-state index contributed by atoms with van der Waals surface area (Å²) in [6.07, 6.45) is 7.70. The van der Waals surface area contributed by atoms with Crippen LogP contribution in [0.25, 0.3) is 0 Å². The van der Waals surface area contributed by atoms with E-state index in [1.807, 2.05) is 29.2 Å². The summed E-state index contributed by atoms with van der Waals surface area (Å²) >= 11 is 0. The summed E-state index contributed by atoms with van der Waals surface area (Å²) in [6, 6.07) is -1.53. The summed E-state index contributed by atoms with van der Waals surface area (Å²) in [7, 11) is 1.72. The average molecular weight is 474 g/mol. The van der Waals surface area contributed by atoms with Crippen molar-refractivity contribution in [2.24, 2.45) is 17.3 Å². The number of likely N-dealkylation sites (N-methyl/N-ethyl adjacent to an activating group) is 1. The Bertz CT molecular complexity index is 935. The van der Waals surface area contributed by atoms with Gasteiger partial charge in [0.05, 0.1) is 30.6 Å². The molecule has 0 aliphatic carbocycles. The highest BCUT2D eigenvalue weighted by Crippen LogP contribution is 2.54. The van der Waals surface area contributed by atoms with Crippen molar-refractivity contribution in [3.8, 4) is 0 Å². The van der Waals surface area contributed by atoms with Gasteiger partial charge in [0.2, 0.25) is 17.7 Å². The zero-order valence-corrected chi connectivity index (χ0v) is 21.4. The summed E-state index contributed by atoms with van der Waals surface area (Å²) < 4.78 is 6.57. The topological polar surface area (TPSA) is 90.4 Å². The van der Waals surface area contributed by atoms with Crippen molar-refractivity contribution in [3.63, 3.8) is 0 Å². The Morgan fingerprint density at radius 3 is 2.38 bits per heavy atom. The second kappa shape index (κ2) is 8.19. The van der Waals surface area contributed by atoms with Crippen LogP contribution in [0.5, 0.6) is 0 Å². The Labute approximate surface area is 202 Å². The predicted molar refractivity (Wildman–Crippen MR) is 128 cm³/mol. The van der Waals surface area contributed by atoms with Crippen LogP contribution in [0.1, 0.15) is 48.0 Å². The molecule has 0 aromatic carbocycles. The SMILES string of the molecule is C[C@H](CO)N1C(=O)[C@@H]2[C@H]3C(=O)N(C)CC=C[C@H]3O[C@@]23C=CCN(C(C)(C)CC(C)(C)C)C(=O)C13. The number of aliphatic hydroxyl groups is 1. The first-order chi connectivity index (χ1) is 15.7. The van der Waals surface area contributed by atoms with Crippen molar-refractivity contribution in [2.75, 3.05) is 26.7 Å². The van der Waals surface area contributed by atoms with E-state index in [1.165, 1.54) is 4.90 Å². The Balaban J connectivity index is 1.83. The van der Waals surface area contributed by atoms with Gasteiger partial charge in [-0.1, -0.05) is 45.1 Å². The highest BCUT2D eigenvalue weighted by Gasteiger charge is 2.72. The first-order valence-corrected chi connectivity index (χ1v) is 12.3. The smallest absolute Gasteiger partial charge is 0.249 e. The van der Waals surface area contributed by atoms with Crippen molar-refractivity contribution in [2.45, 2.75) is 77.3 Å². The van der Waals surface area contributed by atoms with Crippen LogP contribution in [0.3, 0.4) is 0 Å². The average Bonchev–Trinajstić information content (AvgIpc) is 3.05. The van der Waals surface area contributed by atoms with E-state index in [9.17, 15) is 19.5 Å². The van der Waals surface area contributed by atoms with E-state index in [-0.39, 0.29) is 29.7 Å². The minimum atomic E-state index is -1.25. The molecule has 2 saturated heterocycles. The van der Waals surface area contributed by atoms with Crippen molar-refractivity contribution in [3.05, 3.63) is 24.3 Å². The summed E-state index contributed by atoms with van der Waals surface area (Å²) in [5, 5.41) is 10.0. The molecule has 8 heteroatoms. The fourth-order valence-corrected chi connectivity index (χ4v) is 6.70. The first kappa shape index (κ1) is 24.9. The maximum Gasteiger partial charge on any atom is 0.249 e. The van der Waals surface area contributed by atoms with E-state index in [4.69, 9.17) is 4.74 Å². The molecule has 188 valence electrons. The molecule has 3 amide bonds. The van der Waals surface area contributed by atoms with E-state index in [0.29, 0.717) is 13.1 Å². The van der Waals surface area contributed by atoms with Gasteiger partial charge in [0.15, 0.2) is 0 Å². The molecule has 2 fully saturated rings. The monoisotopic (exact) mass is 473 g/mol. The third kappa shape index (κ3) is 3.70. The molecular weight excluding hydrogens is 434 g/mol. The number of hydrogen-bond acceptors (Lipinski definition) is 5. The van der Waals surface area contributed by atoms with Crippen LogP contribution < -0.4 is 0 Å². The van der Waals surface area contributed by atoms with E-state index >= 15 is 0 Å². The highest BCUT2D eigenvalue weighted by molar-refractivity contribution is 6.00. The molecule has 0 bridgehead atoms.